The fourth-order valence-corrected chi connectivity index (χ4v) is 2.65. The van der Waals surface area contributed by atoms with E-state index in [4.69, 9.17) is 0 Å². The number of aryl methyl sites for hydroxylation is 2. The van der Waals surface area contributed by atoms with Gasteiger partial charge < -0.3 is 4.90 Å². The molecule has 0 saturated heterocycles. The highest BCUT2D eigenvalue weighted by Crippen LogP contribution is 2.30. The number of benzene rings is 2. The quantitative estimate of drug-likeness (QED) is 0.699. The average molecular weight is 265 g/mol. The number of hydrogen-bond acceptors (Lipinski definition) is 1. The highest BCUT2D eigenvalue weighted by atomic mass is 15.1. The summed E-state index contributed by atoms with van der Waals surface area (Å²) in [6, 6.07) is 17.4. The van der Waals surface area contributed by atoms with Crippen molar-refractivity contribution in [2.45, 2.75) is 26.8 Å². The summed E-state index contributed by atoms with van der Waals surface area (Å²) in [5, 5.41) is 0. The number of nitrogens with zero attached hydrogens (tertiary/aromatic N) is 1. The second-order valence-corrected chi connectivity index (χ2v) is 5.22. The largest absolute Gasteiger partial charge is 0.364 e. The molecule has 0 saturated carbocycles. The number of likely N-dealkylation sites (N-methyl/N-ethyl adjacent to an activating group) is 1. The van der Waals surface area contributed by atoms with Crippen LogP contribution < -0.4 is 4.90 Å². The second-order valence-electron chi connectivity index (χ2n) is 5.22. The third kappa shape index (κ3) is 2.93. The van der Waals surface area contributed by atoms with E-state index >= 15 is 0 Å². The molecule has 0 fully saturated rings. The Bertz CT molecular complexity index is 598. The molecule has 104 valence electrons. The summed E-state index contributed by atoms with van der Waals surface area (Å²) >= 11 is 0. The van der Waals surface area contributed by atoms with Gasteiger partial charge in [-0.25, -0.2) is 0 Å². The first-order chi connectivity index (χ1) is 9.65. The predicted molar refractivity (Wildman–Crippen MR) is 88.3 cm³/mol. The molecule has 1 atom stereocenters. The van der Waals surface area contributed by atoms with Crippen LogP contribution in [0.4, 0.5) is 5.69 Å². The third-order valence-corrected chi connectivity index (χ3v) is 3.79. The van der Waals surface area contributed by atoms with Crippen molar-refractivity contribution in [1.29, 1.82) is 0 Å². The molecule has 20 heavy (non-hydrogen) atoms. The minimum absolute atomic E-state index is 0.266. The average Bonchev–Trinajstić information content (AvgIpc) is 2.46. The molecule has 0 radical (unpaired) electrons. The Kier molecular flexibility index (Phi) is 4.62. The summed E-state index contributed by atoms with van der Waals surface area (Å²) in [7, 11) is 2.17. The monoisotopic (exact) mass is 265 g/mol. The summed E-state index contributed by atoms with van der Waals surface area (Å²) in [5.74, 6) is 0. The van der Waals surface area contributed by atoms with E-state index in [2.05, 4.69) is 93.4 Å². The van der Waals surface area contributed by atoms with Gasteiger partial charge >= 0.3 is 0 Å². The topological polar surface area (TPSA) is 3.24 Å². The maximum Gasteiger partial charge on any atom is 0.0725 e. The summed E-state index contributed by atoms with van der Waals surface area (Å²) in [6.45, 7) is 6.42. The Labute approximate surface area is 122 Å². The van der Waals surface area contributed by atoms with Gasteiger partial charge in [0, 0.05) is 12.7 Å². The molecule has 0 N–H and O–H groups in total. The molecule has 0 bridgehead atoms. The summed E-state index contributed by atoms with van der Waals surface area (Å²) in [4.78, 5) is 2.34. The van der Waals surface area contributed by atoms with Crippen molar-refractivity contribution < 1.29 is 0 Å². The van der Waals surface area contributed by atoms with E-state index in [1.807, 2.05) is 0 Å². The zero-order valence-electron chi connectivity index (χ0n) is 12.8. The van der Waals surface area contributed by atoms with E-state index in [0.717, 1.165) is 0 Å². The van der Waals surface area contributed by atoms with Crippen molar-refractivity contribution in [1.82, 2.24) is 0 Å². The van der Waals surface area contributed by atoms with E-state index in [9.17, 15) is 0 Å². The summed E-state index contributed by atoms with van der Waals surface area (Å²) in [5.41, 5.74) is 5.27. The van der Waals surface area contributed by atoms with Gasteiger partial charge in [-0.2, -0.15) is 0 Å². The summed E-state index contributed by atoms with van der Waals surface area (Å²) < 4.78 is 0. The van der Waals surface area contributed by atoms with Crippen LogP contribution in [0, 0.1) is 13.8 Å². The van der Waals surface area contributed by atoms with Crippen LogP contribution in [0.15, 0.2) is 60.7 Å². The lowest BCUT2D eigenvalue weighted by atomic mass is 9.98. The molecule has 2 aromatic carbocycles. The number of hydrogen-bond donors (Lipinski definition) is 0. The van der Waals surface area contributed by atoms with Crippen molar-refractivity contribution in [3.63, 3.8) is 0 Å². The molecule has 0 aromatic heterocycles. The van der Waals surface area contributed by atoms with Crippen LogP contribution in [-0.4, -0.2) is 7.05 Å². The fraction of sp³-hybridized carbons (Fsp3) is 0.263. The lowest BCUT2D eigenvalue weighted by Crippen LogP contribution is -2.24. The van der Waals surface area contributed by atoms with Crippen molar-refractivity contribution in [3.8, 4) is 0 Å². The molecule has 1 heteroatoms. The normalized spacial score (nSPS) is 12.6. The first kappa shape index (κ1) is 14.4. The molecule has 2 aromatic rings. The molecule has 1 unspecified atom stereocenters. The number of para-hydroxylation sites is 1. The molecule has 0 aliphatic rings. The first-order valence-electron chi connectivity index (χ1n) is 7.12. The zero-order chi connectivity index (χ0) is 14.5. The van der Waals surface area contributed by atoms with Gasteiger partial charge in [0.1, 0.15) is 0 Å². The van der Waals surface area contributed by atoms with Crippen molar-refractivity contribution in [2.75, 3.05) is 11.9 Å². The Morgan fingerprint density at radius 2 is 1.50 bits per heavy atom. The molecular formula is C19H23N. The van der Waals surface area contributed by atoms with Crippen LogP contribution in [0.1, 0.15) is 29.7 Å². The highest BCUT2D eigenvalue weighted by Gasteiger charge is 2.17. The maximum atomic E-state index is 2.34. The summed E-state index contributed by atoms with van der Waals surface area (Å²) in [6.07, 6.45) is 4.39. The van der Waals surface area contributed by atoms with E-state index in [0.29, 0.717) is 0 Å². The van der Waals surface area contributed by atoms with Crippen LogP contribution in [0.5, 0.6) is 0 Å². The van der Waals surface area contributed by atoms with Crippen LogP contribution in [0.2, 0.25) is 0 Å². The van der Waals surface area contributed by atoms with Crippen LogP contribution in [-0.2, 0) is 0 Å². The van der Waals surface area contributed by atoms with Crippen molar-refractivity contribution in [2.24, 2.45) is 0 Å². The predicted octanol–water partition coefficient (Wildman–Crippen LogP) is 5.06. The Hall–Kier alpha value is -2.02. The van der Waals surface area contributed by atoms with Gasteiger partial charge in [0.05, 0.1) is 6.04 Å². The fourth-order valence-electron chi connectivity index (χ4n) is 2.65. The smallest absolute Gasteiger partial charge is 0.0725 e. The molecule has 2 rings (SSSR count). The molecule has 0 aliphatic carbocycles. The standard InChI is InChI=1S/C19H23N/c1-5-10-19(17-13-8-6-11-15(17)2)20(4)18-14-9-7-12-16(18)3/h5-14,19H,1-4H3/b10-5-. The molecule has 0 spiro atoms. The number of rotatable bonds is 4. The van der Waals surface area contributed by atoms with Gasteiger partial charge in [0.25, 0.3) is 0 Å². The number of allylic oxidation sites excluding steroid dienone is 1. The van der Waals surface area contributed by atoms with Gasteiger partial charge in [-0.15, -0.1) is 0 Å². The minimum atomic E-state index is 0.266. The Morgan fingerprint density at radius 3 is 2.10 bits per heavy atom. The van der Waals surface area contributed by atoms with E-state index in [1.165, 1.54) is 22.4 Å². The van der Waals surface area contributed by atoms with Gasteiger partial charge in [-0.05, 0) is 43.5 Å². The van der Waals surface area contributed by atoms with Gasteiger partial charge in [0.2, 0.25) is 0 Å². The van der Waals surface area contributed by atoms with Gasteiger partial charge in [-0.3, -0.25) is 0 Å². The second kappa shape index (κ2) is 6.42. The molecule has 0 aliphatic heterocycles. The molecular weight excluding hydrogens is 242 g/mol. The maximum absolute atomic E-state index is 2.34. The van der Waals surface area contributed by atoms with Crippen LogP contribution in [0.3, 0.4) is 0 Å². The van der Waals surface area contributed by atoms with Crippen LogP contribution >= 0.6 is 0 Å². The van der Waals surface area contributed by atoms with E-state index < -0.39 is 0 Å². The van der Waals surface area contributed by atoms with Crippen LogP contribution in [0.25, 0.3) is 0 Å². The SMILES string of the molecule is C/C=C\C(c1ccccc1C)N(C)c1ccccc1C. The zero-order valence-corrected chi connectivity index (χ0v) is 12.8. The van der Waals surface area contributed by atoms with Gasteiger partial charge in [-0.1, -0.05) is 54.6 Å². The third-order valence-electron chi connectivity index (χ3n) is 3.79. The molecule has 1 nitrogen and oxygen atoms in total. The highest BCUT2D eigenvalue weighted by molar-refractivity contribution is 5.55. The lowest BCUT2D eigenvalue weighted by molar-refractivity contribution is 0.799. The Balaban J connectivity index is 2.44. The van der Waals surface area contributed by atoms with E-state index in [-0.39, 0.29) is 6.04 Å². The Morgan fingerprint density at radius 1 is 0.900 bits per heavy atom. The minimum Gasteiger partial charge on any atom is -0.364 e. The van der Waals surface area contributed by atoms with Gasteiger partial charge in [0.15, 0.2) is 0 Å². The van der Waals surface area contributed by atoms with Crippen molar-refractivity contribution in [3.05, 3.63) is 77.4 Å². The van der Waals surface area contributed by atoms with Crippen molar-refractivity contribution >= 4 is 5.69 Å². The molecule has 0 heterocycles. The lowest BCUT2D eigenvalue weighted by Gasteiger charge is -2.30. The number of anilines is 1. The first-order valence-corrected chi connectivity index (χ1v) is 7.12. The molecule has 0 amide bonds. The van der Waals surface area contributed by atoms with E-state index in [1.54, 1.807) is 0 Å².